The van der Waals surface area contributed by atoms with Crippen molar-refractivity contribution in [1.29, 1.82) is 0 Å². The molecule has 0 spiro atoms. The first-order chi connectivity index (χ1) is 14.3. The number of hydrogen-bond donors (Lipinski definition) is 0. The van der Waals surface area contributed by atoms with E-state index in [-0.39, 0.29) is 5.78 Å². The van der Waals surface area contributed by atoms with E-state index in [2.05, 4.69) is 29.2 Å². The minimum absolute atomic E-state index is 0.161. The van der Waals surface area contributed by atoms with E-state index in [1.54, 1.807) is 0 Å². The fourth-order valence-corrected chi connectivity index (χ4v) is 3.70. The number of carbonyl (C=O) groups is 1. The molecular formula is C27H25NO. The standard InChI is InChI=1S/C27H25NO/c29-27-25(18-23-12-6-2-7-13-23)20-28(17-16-22-10-4-1-5-11-22)21-26(27)19-24-14-8-3-9-15-24/h1-15,18-19H,16-17,20-21H2. The van der Waals surface area contributed by atoms with Crippen LogP contribution in [0, 0.1) is 0 Å². The van der Waals surface area contributed by atoms with Crippen LogP contribution in [0.4, 0.5) is 0 Å². The number of likely N-dealkylation sites (tertiary alicyclic amines) is 1. The largest absolute Gasteiger partial charge is 0.294 e. The van der Waals surface area contributed by atoms with E-state index in [4.69, 9.17) is 0 Å². The molecule has 1 saturated heterocycles. The summed E-state index contributed by atoms with van der Waals surface area (Å²) in [7, 11) is 0. The molecule has 4 rings (SSSR count). The highest BCUT2D eigenvalue weighted by atomic mass is 16.1. The second kappa shape index (κ2) is 9.31. The lowest BCUT2D eigenvalue weighted by molar-refractivity contribution is -0.113. The third-order valence-electron chi connectivity index (χ3n) is 5.21. The summed E-state index contributed by atoms with van der Waals surface area (Å²) < 4.78 is 0. The average molecular weight is 380 g/mol. The zero-order valence-electron chi connectivity index (χ0n) is 16.5. The second-order valence-electron chi connectivity index (χ2n) is 7.44. The Morgan fingerprint density at radius 3 is 1.59 bits per heavy atom. The molecule has 29 heavy (non-hydrogen) atoms. The highest BCUT2D eigenvalue weighted by Gasteiger charge is 2.25. The van der Waals surface area contributed by atoms with Gasteiger partial charge in [0.2, 0.25) is 0 Å². The third kappa shape index (κ3) is 5.18. The number of ketones is 1. The molecule has 3 aromatic carbocycles. The molecule has 2 nitrogen and oxygen atoms in total. The predicted molar refractivity (Wildman–Crippen MR) is 120 cm³/mol. The van der Waals surface area contributed by atoms with Crippen LogP contribution in [0.25, 0.3) is 12.2 Å². The van der Waals surface area contributed by atoms with E-state index in [1.807, 2.05) is 78.9 Å². The van der Waals surface area contributed by atoms with E-state index < -0.39 is 0 Å². The van der Waals surface area contributed by atoms with Gasteiger partial charge in [0.15, 0.2) is 5.78 Å². The Labute approximate surface area is 172 Å². The van der Waals surface area contributed by atoms with Crippen LogP contribution in [0.15, 0.2) is 102 Å². The van der Waals surface area contributed by atoms with Crippen LogP contribution in [0.2, 0.25) is 0 Å². The van der Waals surface area contributed by atoms with Crippen LogP contribution >= 0.6 is 0 Å². The Balaban J connectivity index is 1.60. The summed E-state index contributed by atoms with van der Waals surface area (Å²) in [5, 5.41) is 0. The van der Waals surface area contributed by atoms with Crippen molar-refractivity contribution >= 4 is 17.9 Å². The highest BCUT2D eigenvalue weighted by Crippen LogP contribution is 2.22. The lowest BCUT2D eigenvalue weighted by Crippen LogP contribution is -2.38. The van der Waals surface area contributed by atoms with Gasteiger partial charge in [-0.25, -0.2) is 0 Å². The van der Waals surface area contributed by atoms with Gasteiger partial charge in [-0.3, -0.25) is 9.69 Å². The van der Waals surface area contributed by atoms with E-state index in [9.17, 15) is 4.79 Å². The molecule has 0 amide bonds. The molecule has 1 heterocycles. The van der Waals surface area contributed by atoms with Crippen molar-refractivity contribution in [2.75, 3.05) is 19.6 Å². The molecule has 3 aromatic rings. The first-order valence-electron chi connectivity index (χ1n) is 10.1. The van der Waals surface area contributed by atoms with Crippen LogP contribution in [-0.4, -0.2) is 30.3 Å². The molecule has 2 heteroatoms. The normalized spacial score (nSPS) is 17.7. The molecule has 1 aliphatic heterocycles. The van der Waals surface area contributed by atoms with Gasteiger partial charge in [0.05, 0.1) is 0 Å². The van der Waals surface area contributed by atoms with E-state index >= 15 is 0 Å². The molecule has 144 valence electrons. The minimum atomic E-state index is 0.161. The molecule has 0 unspecified atom stereocenters. The Morgan fingerprint density at radius 2 is 1.10 bits per heavy atom. The number of carbonyl (C=O) groups excluding carboxylic acids is 1. The SMILES string of the molecule is O=C1C(=Cc2ccccc2)CN(CCc2ccccc2)CC1=Cc1ccccc1. The van der Waals surface area contributed by atoms with Crippen LogP contribution in [0.5, 0.6) is 0 Å². The summed E-state index contributed by atoms with van der Waals surface area (Å²) in [6, 6.07) is 30.7. The number of rotatable bonds is 5. The highest BCUT2D eigenvalue weighted by molar-refractivity contribution is 6.14. The van der Waals surface area contributed by atoms with Crippen molar-refractivity contribution in [3.63, 3.8) is 0 Å². The lowest BCUT2D eigenvalue weighted by Gasteiger charge is -2.30. The molecule has 1 fully saturated rings. The molecule has 0 aromatic heterocycles. The molecule has 0 saturated carbocycles. The Hall–Kier alpha value is -3.23. The Bertz CT molecular complexity index is 943. The monoisotopic (exact) mass is 379 g/mol. The van der Waals surface area contributed by atoms with Crippen molar-refractivity contribution in [3.8, 4) is 0 Å². The maximum absolute atomic E-state index is 13.2. The lowest BCUT2D eigenvalue weighted by atomic mass is 9.94. The number of piperidine rings is 1. The van der Waals surface area contributed by atoms with Gasteiger partial charge < -0.3 is 0 Å². The summed E-state index contributed by atoms with van der Waals surface area (Å²) in [5.41, 5.74) is 5.18. The smallest absolute Gasteiger partial charge is 0.187 e. The van der Waals surface area contributed by atoms with Gasteiger partial charge >= 0.3 is 0 Å². The first kappa shape index (κ1) is 19.1. The van der Waals surface area contributed by atoms with Crippen molar-refractivity contribution in [3.05, 3.63) is 119 Å². The quantitative estimate of drug-likeness (QED) is 0.562. The summed E-state index contributed by atoms with van der Waals surface area (Å²) in [5.74, 6) is 0.161. The fraction of sp³-hybridized carbons (Fsp3) is 0.148. The van der Waals surface area contributed by atoms with Crippen molar-refractivity contribution in [1.82, 2.24) is 4.90 Å². The van der Waals surface area contributed by atoms with Gasteiger partial charge in [0.1, 0.15) is 0 Å². The molecule has 0 aliphatic carbocycles. The van der Waals surface area contributed by atoms with Gasteiger partial charge in [-0.15, -0.1) is 0 Å². The van der Waals surface area contributed by atoms with Crippen LogP contribution in [0.1, 0.15) is 16.7 Å². The van der Waals surface area contributed by atoms with Gasteiger partial charge in [-0.2, -0.15) is 0 Å². The molecule has 0 atom stereocenters. The fourth-order valence-electron chi connectivity index (χ4n) is 3.70. The molecule has 0 bridgehead atoms. The van der Waals surface area contributed by atoms with Crippen LogP contribution in [0.3, 0.4) is 0 Å². The van der Waals surface area contributed by atoms with Gasteiger partial charge in [0, 0.05) is 30.8 Å². The number of Topliss-reactive ketones (excluding diaryl/α,β-unsaturated/α-hetero) is 1. The Morgan fingerprint density at radius 1 is 0.655 bits per heavy atom. The van der Waals surface area contributed by atoms with Crippen LogP contribution in [-0.2, 0) is 11.2 Å². The maximum Gasteiger partial charge on any atom is 0.187 e. The van der Waals surface area contributed by atoms with E-state index in [0.717, 1.165) is 35.2 Å². The summed E-state index contributed by atoms with van der Waals surface area (Å²) in [6.45, 7) is 2.30. The first-order valence-corrected chi connectivity index (χ1v) is 10.1. The minimum Gasteiger partial charge on any atom is -0.294 e. The number of benzene rings is 3. The maximum atomic E-state index is 13.2. The zero-order chi connectivity index (χ0) is 19.9. The van der Waals surface area contributed by atoms with Crippen molar-refractivity contribution in [2.45, 2.75) is 6.42 Å². The molecule has 1 aliphatic rings. The molecular weight excluding hydrogens is 354 g/mol. The number of nitrogens with zero attached hydrogens (tertiary/aromatic N) is 1. The Kier molecular flexibility index (Phi) is 6.13. The van der Waals surface area contributed by atoms with Crippen molar-refractivity contribution in [2.24, 2.45) is 0 Å². The molecule has 0 N–H and O–H groups in total. The summed E-state index contributed by atoms with van der Waals surface area (Å²) >= 11 is 0. The summed E-state index contributed by atoms with van der Waals surface area (Å²) in [6.07, 6.45) is 5.05. The van der Waals surface area contributed by atoms with Gasteiger partial charge in [-0.1, -0.05) is 91.0 Å². The topological polar surface area (TPSA) is 20.3 Å². The molecule has 0 radical (unpaired) electrons. The average Bonchev–Trinajstić information content (AvgIpc) is 2.77. The van der Waals surface area contributed by atoms with Gasteiger partial charge in [0.25, 0.3) is 0 Å². The van der Waals surface area contributed by atoms with Crippen LogP contribution < -0.4 is 0 Å². The predicted octanol–water partition coefficient (Wildman–Crippen LogP) is 5.28. The van der Waals surface area contributed by atoms with Gasteiger partial charge in [-0.05, 0) is 35.3 Å². The van der Waals surface area contributed by atoms with E-state index in [1.165, 1.54) is 5.56 Å². The van der Waals surface area contributed by atoms with E-state index in [0.29, 0.717) is 13.1 Å². The summed E-state index contributed by atoms with van der Waals surface area (Å²) in [4.78, 5) is 15.6. The number of hydrogen-bond acceptors (Lipinski definition) is 2. The van der Waals surface area contributed by atoms with Crippen molar-refractivity contribution < 1.29 is 4.79 Å². The second-order valence-corrected chi connectivity index (χ2v) is 7.44. The third-order valence-corrected chi connectivity index (χ3v) is 5.21. The zero-order valence-corrected chi connectivity index (χ0v) is 16.5.